The van der Waals surface area contributed by atoms with Crippen LogP contribution < -0.4 is 10.5 Å². The molecule has 3 rings (SSSR count). The van der Waals surface area contributed by atoms with Crippen molar-refractivity contribution in [1.29, 1.82) is 0 Å². The summed E-state index contributed by atoms with van der Waals surface area (Å²) in [5, 5.41) is 10.4. The number of aliphatic hydroxyl groups excluding tert-OH is 1. The summed E-state index contributed by atoms with van der Waals surface area (Å²) in [7, 11) is 0. The number of rotatable bonds is 10. The van der Waals surface area contributed by atoms with Gasteiger partial charge in [0.25, 0.3) is 0 Å². The van der Waals surface area contributed by atoms with Crippen LogP contribution in [0.2, 0.25) is 0 Å². The second-order valence-electron chi connectivity index (χ2n) is 8.66. The van der Waals surface area contributed by atoms with E-state index in [0.29, 0.717) is 19.6 Å². The molecule has 0 radical (unpaired) electrons. The first kappa shape index (κ1) is 23.0. The van der Waals surface area contributed by atoms with E-state index in [1.165, 1.54) is 31.2 Å². The van der Waals surface area contributed by atoms with Crippen LogP contribution in [-0.2, 0) is 11.3 Å². The van der Waals surface area contributed by atoms with Crippen LogP contribution >= 0.6 is 0 Å². The van der Waals surface area contributed by atoms with E-state index in [2.05, 4.69) is 26.8 Å². The summed E-state index contributed by atoms with van der Waals surface area (Å²) < 4.78 is 5.89. The number of benzene rings is 1. The van der Waals surface area contributed by atoms with E-state index in [0.717, 1.165) is 58.1 Å². The Labute approximate surface area is 180 Å². The lowest BCUT2D eigenvalue weighted by Gasteiger charge is -2.34. The van der Waals surface area contributed by atoms with Crippen molar-refractivity contribution in [3.8, 4) is 5.75 Å². The van der Waals surface area contributed by atoms with Crippen LogP contribution in [0.15, 0.2) is 24.3 Å². The molecule has 1 aromatic carbocycles. The van der Waals surface area contributed by atoms with Gasteiger partial charge in [-0.1, -0.05) is 25.0 Å². The molecule has 3 N–H and O–H groups in total. The zero-order valence-corrected chi connectivity index (χ0v) is 18.2. The van der Waals surface area contributed by atoms with Gasteiger partial charge in [-0.3, -0.25) is 9.69 Å². The Morgan fingerprint density at radius 2 is 1.70 bits per heavy atom. The van der Waals surface area contributed by atoms with E-state index in [1.54, 1.807) is 0 Å². The molecule has 2 heterocycles. The number of primary amides is 1. The monoisotopic (exact) mass is 418 g/mol. The van der Waals surface area contributed by atoms with Crippen molar-refractivity contribution < 1.29 is 14.6 Å². The van der Waals surface area contributed by atoms with Crippen molar-refractivity contribution in [2.24, 2.45) is 5.73 Å². The standard InChI is InChI=1S/C23H38N4O3/c24-23(29)8-11-25-12-14-27(15-13-25)17-20-6-5-7-22(16-20)30-19-21(28)18-26-9-3-1-2-4-10-26/h5-7,16,21,28H,1-4,8-15,17-19H2,(H2,24,29). The number of piperazine rings is 1. The molecule has 30 heavy (non-hydrogen) atoms. The Hall–Kier alpha value is -1.67. The number of nitrogens with two attached hydrogens (primary N) is 1. The predicted molar refractivity (Wildman–Crippen MR) is 118 cm³/mol. The van der Waals surface area contributed by atoms with Crippen molar-refractivity contribution in [2.45, 2.75) is 44.8 Å². The van der Waals surface area contributed by atoms with Crippen molar-refractivity contribution in [3.63, 3.8) is 0 Å². The topological polar surface area (TPSA) is 82.3 Å². The van der Waals surface area contributed by atoms with Gasteiger partial charge in [0.05, 0.1) is 0 Å². The van der Waals surface area contributed by atoms with Gasteiger partial charge in [-0.15, -0.1) is 0 Å². The quantitative estimate of drug-likeness (QED) is 0.596. The molecule has 2 aliphatic rings. The summed E-state index contributed by atoms with van der Waals surface area (Å²) in [6.45, 7) is 8.74. The number of carbonyl (C=O) groups excluding carboxylic acids is 1. The number of ether oxygens (including phenoxy) is 1. The van der Waals surface area contributed by atoms with Gasteiger partial charge in [0.15, 0.2) is 0 Å². The van der Waals surface area contributed by atoms with Crippen molar-refractivity contribution in [1.82, 2.24) is 14.7 Å². The normalized spacial score (nSPS) is 20.6. The molecule has 0 bridgehead atoms. The number of amides is 1. The largest absolute Gasteiger partial charge is 0.491 e. The molecular weight excluding hydrogens is 380 g/mol. The average molecular weight is 419 g/mol. The molecular formula is C23H38N4O3. The molecule has 7 heteroatoms. The molecule has 0 spiro atoms. The number of hydrogen-bond acceptors (Lipinski definition) is 6. The third-order valence-corrected chi connectivity index (χ3v) is 6.05. The van der Waals surface area contributed by atoms with Gasteiger partial charge >= 0.3 is 0 Å². The van der Waals surface area contributed by atoms with Crippen molar-refractivity contribution >= 4 is 5.91 Å². The summed E-state index contributed by atoms with van der Waals surface area (Å²) >= 11 is 0. The number of carbonyl (C=O) groups is 1. The van der Waals surface area contributed by atoms with Crippen LogP contribution in [0.4, 0.5) is 0 Å². The maximum Gasteiger partial charge on any atom is 0.218 e. The second kappa shape index (κ2) is 12.2. The number of β-amino-alcohol motifs (C(OH)–C–C–N with tert-alkyl or cyclic N) is 1. The van der Waals surface area contributed by atoms with Crippen molar-refractivity contribution in [3.05, 3.63) is 29.8 Å². The van der Waals surface area contributed by atoms with Crippen LogP contribution in [0.3, 0.4) is 0 Å². The fourth-order valence-electron chi connectivity index (χ4n) is 4.29. The highest BCUT2D eigenvalue weighted by atomic mass is 16.5. The van der Waals surface area contributed by atoms with E-state index in [1.807, 2.05) is 12.1 Å². The minimum atomic E-state index is -0.458. The average Bonchev–Trinajstić information content (AvgIpc) is 3.01. The third kappa shape index (κ3) is 8.22. The molecule has 0 aliphatic carbocycles. The Kier molecular flexibility index (Phi) is 9.39. The molecule has 168 valence electrons. The van der Waals surface area contributed by atoms with E-state index >= 15 is 0 Å². The smallest absolute Gasteiger partial charge is 0.218 e. The molecule has 7 nitrogen and oxygen atoms in total. The first-order valence-electron chi connectivity index (χ1n) is 11.4. The van der Waals surface area contributed by atoms with Gasteiger partial charge in [0.1, 0.15) is 18.5 Å². The van der Waals surface area contributed by atoms with Crippen LogP contribution in [0, 0.1) is 0 Å². The van der Waals surface area contributed by atoms with Gasteiger partial charge in [0.2, 0.25) is 5.91 Å². The van der Waals surface area contributed by atoms with Crippen LogP contribution in [0.1, 0.15) is 37.7 Å². The van der Waals surface area contributed by atoms with Crippen LogP contribution in [0.5, 0.6) is 5.75 Å². The maximum absolute atomic E-state index is 10.9. The summed E-state index contributed by atoms with van der Waals surface area (Å²) in [4.78, 5) is 18.0. The molecule has 2 saturated heterocycles. The van der Waals surface area contributed by atoms with E-state index < -0.39 is 6.10 Å². The lowest BCUT2D eigenvalue weighted by Crippen LogP contribution is -2.46. The van der Waals surface area contributed by atoms with Crippen LogP contribution in [-0.4, -0.2) is 90.8 Å². The summed E-state index contributed by atoms with van der Waals surface area (Å²) in [5.41, 5.74) is 6.47. The van der Waals surface area contributed by atoms with E-state index in [9.17, 15) is 9.90 Å². The van der Waals surface area contributed by atoms with Gasteiger partial charge in [-0.2, -0.15) is 0 Å². The summed E-state index contributed by atoms with van der Waals surface area (Å²) in [5.74, 6) is 0.591. The third-order valence-electron chi connectivity index (χ3n) is 6.05. The number of nitrogens with zero attached hydrogens (tertiary/aromatic N) is 3. The molecule has 0 saturated carbocycles. The molecule has 2 fully saturated rings. The van der Waals surface area contributed by atoms with Gasteiger partial charge in [-0.25, -0.2) is 0 Å². The second-order valence-corrected chi connectivity index (χ2v) is 8.66. The Morgan fingerprint density at radius 3 is 2.40 bits per heavy atom. The Balaban J connectivity index is 1.38. The lowest BCUT2D eigenvalue weighted by atomic mass is 10.2. The summed E-state index contributed by atoms with van der Waals surface area (Å²) in [6.07, 6.45) is 5.05. The fraction of sp³-hybridized carbons (Fsp3) is 0.696. The highest BCUT2D eigenvalue weighted by Crippen LogP contribution is 2.17. The first-order valence-corrected chi connectivity index (χ1v) is 11.4. The molecule has 0 aromatic heterocycles. The minimum Gasteiger partial charge on any atom is -0.491 e. The van der Waals surface area contributed by atoms with Gasteiger partial charge < -0.3 is 25.4 Å². The number of likely N-dealkylation sites (tertiary alicyclic amines) is 1. The highest BCUT2D eigenvalue weighted by molar-refractivity contribution is 5.73. The fourth-order valence-corrected chi connectivity index (χ4v) is 4.29. The SMILES string of the molecule is NC(=O)CCN1CCN(Cc2cccc(OCC(O)CN3CCCCCC3)c2)CC1. The Morgan fingerprint density at radius 1 is 1.00 bits per heavy atom. The Bertz CT molecular complexity index is 641. The highest BCUT2D eigenvalue weighted by Gasteiger charge is 2.18. The van der Waals surface area contributed by atoms with Gasteiger partial charge in [0, 0.05) is 52.2 Å². The lowest BCUT2D eigenvalue weighted by molar-refractivity contribution is -0.118. The zero-order chi connectivity index (χ0) is 21.2. The maximum atomic E-state index is 10.9. The van der Waals surface area contributed by atoms with E-state index in [4.69, 9.17) is 10.5 Å². The minimum absolute atomic E-state index is 0.231. The molecule has 1 aromatic rings. The molecule has 1 unspecified atom stereocenters. The number of hydrogen-bond donors (Lipinski definition) is 2. The van der Waals surface area contributed by atoms with E-state index in [-0.39, 0.29) is 5.91 Å². The van der Waals surface area contributed by atoms with Crippen molar-refractivity contribution in [2.75, 3.05) is 59.0 Å². The molecule has 1 amide bonds. The summed E-state index contributed by atoms with van der Waals surface area (Å²) in [6, 6.07) is 8.19. The molecule has 2 aliphatic heterocycles. The number of aliphatic hydroxyl groups is 1. The predicted octanol–water partition coefficient (Wildman–Crippen LogP) is 1.30. The zero-order valence-electron chi connectivity index (χ0n) is 18.2. The van der Waals surface area contributed by atoms with Crippen LogP contribution in [0.25, 0.3) is 0 Å². The van der Waals surface area contributed by atoms with Gasteiger partial charge in [-0.05, 0) is 43.6 Å². The molecule has 1 atom stereocenters. The first-order chi connectivity index (χ1) is 14.6.